The van der Waals surface area contributed by atoms with Crippen LogP contribution in [0.25, 0.3) is 0 Å². The second kappa shape index (κ2) is 8.15. The van der Waals surface area contributed by atoms with Gasteiger partial charge in [-0.3, -0.25) is 4.79 Å². The molecule has 2 atom stereocenters. The van der Waals surface area contributed by atoms with Gasteiger partial charge in [0, 0.05) is 12.4 Å². The summed E-state index contributed by atoms with van der Waals surface area (Å²) in [4.78, 5) is 12.0. The van der Waals surface area contributed by atoms with Gasteiger partial charge in [-0.05, 0) is 24.8 Å². The van der Waals surface area contributed by atoms with Gasteiger partial charge in [-0.25, -0.2) is 0 Å². The van der Waals surface area contributed by atoms with Crippen LogP contribution in [0.2, 0.25) is 0 Å². The standard InChI is InChI=1S/C15H22ClNO/c1-3-13(9-10-16)11-17-15(18)12(2)14-7-5-4-6-8-14/h4-8,12-13H,3,9-11H2,1-2H3,(H,17,18). The first kappa shape index (κ1) is 15.0. The Balaban J connectivity index is 2.45. The van der Waals surface area contributed by atoms with Crippen molar-refractivity contribution in [2.75, 3.05) is 12.4 Å². The third kappa shape index (κ3) is 4.69. The van der Waals surface area contributed by atoms with Crippen LogP contribution in [0.1, 0.15) is 38.2 Å². The minimum atomic E-state index is -0.0975. The fraction of sp³-hybridized carbons (Fsp3) is 0.533. The van der Waals surface area contributed by atoms with Crippen molar-refractivity contribution in [1.29, 1.82) is 0 Å². The lowest BCUT2D eigenvalue weighted by molar-refractivity contribution is -0.122. The first-order chi connectivity index (χ1) is 8.69. The van der Waals surface area contributed by atoms with Crippen molar-refractivity contribution in [3.8, 4) is 0 Å². The summed E-state index contributed by atoms with van der Waals surface area (Å²) < 4.78 is 0. The number of amides is 1. The van der Waals surface area contributed by atoms with Crippen molar-refractivity contribution in [2.24, 2.45) is 5.92 Å². The molecule has 3 heteroatoms. The summed E-state index contributed by atoms with van der Waals surface area (Å²) in [5.41, 5.74) is 1.06. The van der Waals surface area contributed by atoms with Crippen molar-refractivity contribution in [1.82, 2.24) is 5.32 Å². The van der Waals surface area contributed by atoms with Crippen LogP contribution in [-0.2, 0) is 4.79 Å². The van der Waals surface area contributed by atoms with Crippen LogP contribution in [0.4, 0.5) is 0 Å². The van der Waals surface area contributed by atoms with Gasteiger partial charge in [0.25, 0.3) is 0 Å². The van der Waals surface area contributed by atoms with E-state index < -0.39 is 0 Å². The van der Waals surface area contributed by atoms with E-state index in [1.807, 2.05) is 37.3 Å². The smallest absolute Gasteiger partial charge is 0.227 e. The second-order valence-electron chi connectivity index (χ2n) is 4.63. The van der Waals surface area contributed by atoms with Crippen molar-refractivity contribution in [3.05, 3.63) is 35.9 Å². The summed E-state index contributed by atoms with van der Waals surface area (Å²) in [7, 11) is 0. The Morgan fingerprint density at radius 1 is 1.33 bits per heavy atom. The van der Waals surface area contributed by atoms with E-state index in [1.165, 1.54) is 0 Å². The molecule has 0 aliphatic heterocycles. The maximum Gasteiger partial charge on any atom is 0.227 e. The molecule has 1 N–H and O–H groups in total. The molecule has 0 radical (unpaired) electrons. The van der Waals surface area contributed by atoms with Gasteiger partial charge in [-0.15, -0.1) is 11.6 Å². The third-order valence-corrected chi connectivity index (χ3v) is 3.57. The summed E-state index contributed by atoms with van der Waals surface area (Å²) in [6, 6.07) is 9.85. The number of hydrogen-bond acceptors (Lipinski definition) is 1. The number of halogens is 1. The molecule has 2 nitrogen and oxygen atoms in total. The van der Waals surface area contributed by atoms with Gasteiger partial charge < -0.3 is 5.32 Å². The molecular formula is C15H22ClNO. The maximum absolute atomic E-state index is 12.0. The number of benzene rings is 1. The zero-order valence-corrected chi connectivity index (χ0v) is 11.9. The molecule has 18 heavy (non-hydrogen) atoms. The van der Waals surface area contributed by atoms with E-state index in [0.717, 1.165) is 24.9 Å². The average Bonchev–Trinajstić information content (AvgIpc) is 2.43. The van der Waals surface area contributed by atoms with Gasteiger partial charge in [0.15, 0.2) is 0 Å². The van der Waals surface area contributed by atoms with Crippen molar-refractivity contribution < 1.29 is 4.79 Å². The van der Waals surface area contributed by atoms with E-state index in [9.17, 15) is 4.79 Å². The highest BCUT2D eigenvalue weighted by molar-refractivity contribution is 6.17. The predicted octanol–water partition coefficient (Wildman–Crippen LogP) is 3.56. The molecule has 0 fully saturated rings. The van der Waals surface area contributed by atoms with Crippen LogP contribution >= 0.6 is 11.6 Å². The van der Waals surface area contributed by atoms with Crippen LogP contribution in [-0.4, -0.2) is 18.3 Å². The minimum absolute atomic E-state index is 0.0919. The van der Waals surface area contributed by atoms with E-state index in [0.29, 0.717) is 11.8 Å². The van der Waals surface area contributed by atoms with Gasteiger partial charge in [0.2, 0.25) is 5.91 Å². The Morgan fingerprint density at radius 3 is 2.56 bits per heavy atom. The summed E-state index contributed by atoms with van der Waals surface area (Å²) in [6.07, 6.45) is 2.00. The first-order valence-corrected chi connectivity index (χ1v) is 7.11. The molecule has 1 aromatic rings. The SMILES string of the molecule is CCC(CCCl)CNC(=O)C(C)c1ccccc1. The lowest BCUT2D eigenvalue weighted by Crippen LogP contribution is -2.32. The van der Waals surface area contributed by atoms with Crippen LogP contribution < -0.4 is 5.32 Å². The van der Waals surface area contributed by atoms with Crippen LogP contribution in [0.3, 0.4) is 0 Å². The Morgan fingerprint density at radius 2 is 2.00 bits per heavy atom. The Labute approximate surface area is 115 Å². The Kier molecular flexibility index (Phi) is 6.81. The molecule has 100 valence electrons. The zero-order chi connectivity index (χ0) is 13.4. The molecule has 0 saturated carbocycles. The molecule has 0 spiro atoms. The van der Waals surface area contributed by atoms with Crippen LogP contribution in [0, 0.1) is 5.92 Å². The Hall–Kier alpha value is -1.02. The number of alkyl halides is 1. The van der Waals surface area contributed by atoms with Crippen LogP contribution in [0.15, 0.2) is 30.3 Å². The van der Waals surface area contributed by atoms with Crippen molar-refractivity contribution >= 4 is 17.5 Å². The van der Waals surface area contributed by atoms with Crippen LogP contribution in [0.5, 0.6) is 0 Å². The molecule has 0 aliphatic rings. The molecule has 2 unspecified atom stereocenters. The molecule has 0 bridgehead atoms. The summed E-state index contributed by atoms with van der Waals surface area (Å²) in [6.45, 7) is 4.79. The average molecular weight is 268 g/mol. The highest BCUT2D eigenvalue weighted by Gasteiger charge is 2.15. The third-order valence-electron chi connectivity index (χ3n) is 3.35. The molecule has 1 amide bonds. The van der Waals surface area contributed by atoms with Crippen molar-refractivity contribution in [3.63, 3.8) is 0 Å². The van der Waals surface area contributed by atoms with Gasteiger partial charge >= 0.3 is 0 Å². The molecular weight excluding hydrogens is 246 g/mol. The molecule has 0 aromatic heterocycles. The largest absolute Gasteiger partial charge is 0.355 e. The highest BCUT2D eigenvalue weighted by atomic mass is 35.5. The number of rotatable bonds is 7. The van der Waals surface area contributed by atoms with Gasteiger partial charge in [-0.1, -0.05) is 43.7 Å². The van der Waals surface area contributed by atoms with E-state index in [2.05, 4.69) is 12.2 Å². The van der Waals surface area contributed by atoms with Gasteiger partial charge in [0.1, 0.15) is 0 Å². The predicted molar refractivity (Wildman–Crippen MR) is 77.0 cm³/mol. The summed E-state index contributed by atoms with van der Waals surface area (Å²) in [5, 5.41) is 3.02. The Bertz CT molecular complexity index is 353. The quantitative estimate of drug-likeness (QED) is 0.752. The summed E-state index contributed by atoms with van der Waals surface area (Å²) >= 11 is 5.74. The molecule has 1 rings (SSSR count). The minimum Gasteiger partial charge on any atom is -0.355 e. The zero-order valence-electron chi connectivity index (χ0n) is 11.2. The fourth-order valence-corrected chi connectivity index (χ4v) is 2.20. The topological polar surface area (TPSA) is 29.1 Å². The molecule has 1 aromatic carbocycles. The number of carbonyl (C=O) groups excluding carboxylic acids is 1. The number of hydrogen-bond donors (Lipinski definition) is 1. The maximum atomic E-state index is 12.0. The summed E-state index contributed by atoms with van der Waals surface area (Å²) in [5.74, 6) is 1.13. The van der Waals surface area contributed by atoms with E-state index in [1.54, 1.807) is 0 Å². The lowest BCUT2D eigenvalue weighted by atomic mass is 9.99. The number of carbonyl (C=O) groups is 1. The van der Waals surface area contributed by atoms with E-state index >= 15 is 0 Å². The fourth-order valence-electron chi connectivity index (χ4n) is 1.90. The monoisotopic (exact) mass is 267 g/mol. The van der Waals surface area contributed by atoms with Gasteiger partial charge in [0.05, 0.1) is 5.92 Å². The number of nitrogens with one attached hydrogen (secondary N) is 1. The second-order valence-corrected chi connectivity index (χ2v) is 5.01. The van der Waals surface area contributed by atoms with Crippen molar-refractivity contribution in [2.45, 2.75) is 32.6 Å². The lowest BCUT2D eigenvalue weighted by Gasteiger charge is -2.17. The highest BCUT2D eigenvalue weighted by Crippen LogP contribution is 2.15. The van der Waals surface area contributed by atoms with Gasteiger partial charge in [-0.2, -0.15) is 0 Å². The molecule has 0 saturated heterocycles. The first-order valence-electron chi connectivity index (χ1n) is 6.57. The van der Waals surface area contributed by atoms with E-state index in [-0.39, 0.29) is 11.8 Å². The normalized spacial score (nSPS) is 13.9. The van der Waals surface area contributed by atoms with E-state index in [4.69, 9.17) is 11.6 Å². The molecule has 0 heterocycles. The molecule has 0 aliphatic carbocycles.